The highest BCUT2D eigenvalue weighted by Gasteiger charge is 2.35. The van der Waals surface area contributed by atoms with Crippen LogP contribution in [0.5, 0.6) is 0 Å². The van der Waals surface area contributed by atoms with Crippen molar-refractivity contribution >= 4 is 34.0 Å². The number of nitrogens with one attached hydrogen (secondary N) is 1. The first-order chi connectivity index (χ1) is 16.1. The molecule has 33 heavy (non-hydrogen) atoms. The Kier molecular flexibility index (Phi) is 5.76. The maximum atomic E-state index is 13.5. The number of carbonyl (C=O) groups is 2. The molecule has 1 aromatic heterocycles. The summed E-state index contributed by atoms with van der Waals surface area (Å²) in [6.07, 6.45) is 1.66. The standard InChI is InChI=1S/C25H27N3O5/c1-3-32-25(30)15-7-6-11-28(14-15)19-13-18(26-10-12-31-2)20-21-22(19)27-33-24(21)17-9-5-4-8-16(17)23(20)29/h4-5,8-9,13,15,26H,3,6-7,10-12,14H2,1-2H3/t15-/m0/s1. The van der Waals surface area contributed by atoms with E-state index in [9.17, 15) is 9.59 Å². The molecule has 0 unspecified atom stereocenters. The van der Waals surface area contributed by atoms with E-state index in [2.05, 4.69) is 15.4 Å². The largest absolute Gasteiger partial charge is 0.466 e. The van der Waals surface area contributed by atoms with Crippen molar-refractivity contribution < 1.29 is 23.6 Å². The zero-order valence-corrected chi connectivity index (χ0v) is 18.8. The maximum absolute atomic E-state index is 13.5. The second kappa shape index (κ2) is 8.86. The number of hydrogen-bond acceptors (Lipinski definition) is 8. The van der Waals surface area contributed by atoms with Crippen molar-refractivity contribution in [1.82, 2.24) is 5.16 Å². The molecule has 3 aromatic rings. The number of fused-ring (bicyclic) bond motifs is 2. The van der Waals surface area contributed by atoms with Crippen LogP contribution in [0.3, 0.4) is 0 Å². The lowest BCUT2D eigenvalue weighted by atomic mass is 9.86. The van der Waals surface area contributed by atoms with Crippen LogP contribution in [-0.4, -0.2) is 56.9 Å². The van der Waals surface area contributed by atoms with Gasteiger partial charge >= 0.3 is 5.97 Å². The highest BCUT2D eigenvalue weighted by Crippen LogP contribution is 2.46. The first-order valence-corrected chi connectivity index (χ1v) is 11.4. The Morgan fingerprint density at radius 1 is 1.30 bits per heavy atom. The third kappa shape index (κ3) is 3.64. The van der Waals surface area contributed by atoms with Crippen molar-refractivity contribution in [3.63, 3.8) is 0 Å². The van der Waals surface area contributed by atoms with Crippen molar-refractivity contribution in [3.05, 3.63) is 41.5 Å². The van der Waals surface area contributed by atoms with Gasteiger partial charge in [-0.15, -0.1) is 0 Å². The summed E-state index contributed by atoms with van der Waals surface area (Å²) in [5.41, 5.74) is 4.14. The van der Waals surface area contributed by atoms with Crippen molar-refractivity contribution in [2.45, 2.75) is 19.8 Å². The molecule has 1 atom stereocenters. The number of hydrogen-bond donors (Lipinski definition) is 1. The molecular weight excluding hydrogens is 422 g/mol. The van der Waals surface area contributed by atoms with E-state index in [-0.39, 0.29) is 17.7 Å². The smallest absolute Gasteiger partial charge is 0.310 e. The minimum atomic E-state index is -0.194. The molecule has 2 aromatic carbocycles. The number of anilines is 2. The van der Waals surface area contributed by atoms with Gasteiger partial charge in [0.1, 0.15) is 5.52 Å². The summed E-state index contributed by atoms with van der Waals surface area (Å²) in [6, 6.07) is 9.40. The molecule has 172 valence electrons. The minimum Gasteiger partial charge on any atom is -0.466 e. The third-order valence-corrected chi connectivity index (χ3v) is 6.38. The Morgan fingerprint density at radius 2 is 2.12 bits per heavy atom. The number of rotatable bonds is 7. The zero-order valence-electron chi connectivity index (χ0n) is 18.8. The van der Waals surface area contributed by atoms with Crippen molar-refractivity contribution in [3.8, 4) is 11.3 Å². The van der Waals surface area contributed by atoms with Gasteiger partial charge in [0.25, 0.3) is 0 Å². The summed E-state index contributed by atoms with van der Waals surface area (Å²) in [5.74, 6) is 0.186. The highest BCUT2D eigenvalue weighted by atomic mass is 16.5. The lowest BCUT2D eigenvalue weighted by Crippen LogP contribution is -2.39. The van der Waals surface area contributed by atoms with Crippen molar-refractivity contribution in [2.24, 2.45) is 5.92 Å². The van der Waals surface area contributed by atoms with Gasteiger partial charge in [-0.1, -0.05) is 29.4 Å². The fourth-order valence-corrected chi connectivity index (χ4v) is 4.86. The van der Waals surface area contributed by atoms with E-state index >= 15 is 0 Å². The minimum absolute atomic E-state index is 0.0548. The molecule has 8 nitrogen and oxygen atoms in total. The molecule has 1 aliphatic heterocycles. The number of aromatic nitrogens is 1. The first-order valence-electron chi connectivity index (χ1n) is 11.4. The van der Waals surface area contributed by atoms with Crippen molar-refractivity contribution in [2.75, 3.05) is 50.2 Å². The van der Waals surface area contributed by atoms with E-state index in [0.29, 0.717) is 48.7 Å². The van der Waals surface area contributed by atoms with E-state index < -0.39 is 0 Å². The molecule has 8 heteroatoms. The molecule has 2 heterocycles. The van der Waals surface area contributed by atoms with Crippen LogP contribution in [-0.2, 0) is 14.3 Å². The summed E-state index contributed by atoms with van der Waals surface area (Å²) < 4.78 is 16.3. The molecule has 1 saturated heterocycles. The van der Waals surface area contributed by atoms with Crippen LogP contribution in [0.2, 0.25) is 0 Å². The molecule has 1 aliphatic carbocycles. The van der Waals surface area contributed by atoms with Gasteiger partial charge in [-0.05, 0) is 25.8 Å². The molecule has 1 fully saturated rings. The molecule has 0 spiro atoms. The molecular formula is C25H27N3O5. The van der Waals surface area contributed by atoms with E-state index in [1.165, 1.54) is 0 Å². The van der Waals surface area contributed by atoms with Gasteiger partial charge < -0.3 is 24.2 Å². The molecule has 0 saturated carbocycles. The zero-order chi connectivity index (χ0) is 22.9. The second-order valence-corrected chi connectivity index (χ2v) is 8.39. The monoisotopic (exact) mass is 449 g/mol. The number of ether oxygens (including phenoxy) is 2. The van der Waals surface area contributed by atoms with Crippen LogP contribution in [0.15, 0.2) is 34.9 Å². The summed E-state index contributed by atoms with van der Waals surface area (Å²) in [6.45, 7) is 4.57. The number of nitrogens with zero attached hydrogens (tertiary/aromatic N) is 2. The van der Waals surface area contributed by atoms with Crippen LogP contribution in [0, 0.1) is 5.92 Å². The third-order valence-electron chi connectivity index (χ3n) is 6.38. The Morgan fingerprint density at radius 3 is 2.91 bits per heavy atom. The SMILES string of the molecule is CCOC(=O)[C@H]1CCCN(c2cc(NCCOC)c3c4c(onc24)-c2ccccc2C3=O)C1. The number of esters is 1. The van der Waals surface area contributed by atoms with Gasteiger partial charge in [-0.3, -0.25) is 9.59 Å². The quantitative estimate of drug-likeness (QED) is 0.336. The van der Waals surface area contributed by atoms with Gasteiger partial charge in [0.2, 0.25) is 0 Å². The summed E-state index contributed by atoms with van der Waals surface area (Å²) in [7, 11) is 1.64. The van der Waals surface area contributed by atoms with E-state index in [4.69, 9.17) is 14.0 Å². The van der Waals surface area contributed by atoms with Gasteiger partial charge in [0, 0.05) is 43.6 Å². The number of carbonyl (C=O) groups excluding carboxylic acids is 2. The summed E-state index contributed by atoms with van der Waals surface area (Å²) >= 11 is 0. The van der Waals surface area contributed by atoms with Gasteiger partial charge in [0.15, 0.2) is 11.5 Å². The summed E-state index contributed by atoms with van der Waals surface area (Å²) in [4.78, 5) is 28.1. The van der Waals surface area contributed by atoms with Crippen LogP contribution < -0.4 is 10.2 Å². The van der Waals surface area contributed by atoms with Gasteiger partial charge in [-0.25, -0.2) is 0 Å². The predicted octanol–water partition coefficient (Wildman–Crippen LogP) is 3.88. The molecule has 5 rings (SSSR count). The molecule has 0 bridgehead atoms. The number of benzene rings is 2. The number of piperidine rings is 1. The predicted molar refractivity (Wildman–Crippen MR) is 125 cm³/mol. The number of ketones is 1. The lowest BCUT2D eigenvalue weighted by molar-refractivity contribution is -0.148. The van der Waals surface area contributed by atoms with Crippen LogP contribution in [0.4, 0.5) is 11.4 Å². The topological polar surface area (TPSA) is 93.9 Å². The first kappa shape index (κ1) is 21.5. The van der Waals surface area contributed by atoms with Crippen LogP contribution >= 0.6 is 0 Å². The lowest BCUT2D eigenvalue weighted by Gasteiger charge is -2.34. The van der Waals surface area contributed by atoms with E-state index in [1.807, 2.05) is 37.3 Å². The molecule has 2 aliphatic rings. The molecule has 0 radical (unpaired) electrons. The maximum Gasteiger partial charge on any atom is 0.310 e. The Bertz CT molecular complexity index is 1220. The van der Waals surface area contributed by atoms with Crippen LogP contribution in [0.1, 0.15) is 35.7 Å². The van der Waals surface area contributed by atoms with E-state index in [1.54, 1.807) is 7.11 Å². The van der Waals surface area contributed by atoms with E-state index in [0.717, 1.165) is 41.7 Å². The fraction of sp³-hybridized carbons (Fsp3) is 0.400. The molecule has 0 amide bonds. The number of methoxy groups -OCH3 is 1. The fourth-order valence-electron chi connectivity index (χ4n) is 4.86. The second-order valence-electron chi connectivity index (χ2n) is 8.39. The van der Waals surface area contributed by atoms with Gasteiger partial charge in [0.05, 0.1) is 35.8 Å². The average Bonchev–Trinajstić information content (AvgIpc) is 3.28. The Labute approximate surface area is 191 Å². The normalized spacial score (nSPS) is 17.2. The highest BCUT2D eigenvalue weighted by molar-refractivity contribution is 6.28. The van der Waals surface area contributed by atoms with Gasteiger partial charge in [-0.2, -0.15) is 0 Å². The Hall–Kier alpha value is -3.39. The summed E-state index contributed by atoms with van der Waals surface area (Å²) in [5, 5.41) is 8.49. The molecule has 1 N–H and O–H groups in total. The average molecular weight is 450 g/mol. The van der Waals surface area contributed by atoms with Crippen molar-refractivity contribution in [1.29, 1.82) is 0 Å². The van der Waals surface area contributed by atoms with Crippen LogP contribution in [0.25, 0.3) is 22.2 Å². The Balaban J connectivity index is 1.64.